The van der Waals surface area contributed by atoms with Crippen molar-refractivity contribution in [3.8, 4) is 0 Å². The van der Waals surface area contributed by atoms with E-state index < -0.39 is 5.97 Å². The highest BCUT2D eigenvalue weighted by Gasteiger charge is 2.25. The maximum Gasteiger partial charge on any atom is 0.332 e. The van der Waals surface area contributed by atoms with Crippen molar-refractivity contribution in [2.75, 3.05) is 19.8 Å². The van der Waals surface area contributed by atoms with E-state index in [0.29, 0.717) is 16.5 Å². The number of furan rings is 1. The summed E-state index contributed by atoms with van der Waals surface area (Å²) in [4.78, 5) is 23.9. The summed E-state index contributed by atoms with van der Waals surface area (Å²) in [5.74, 6) is -0.611. The summed E-state index contributed by atoms with van der Waals surface area (Å²) in [6.07, 6.45) is 2.86. The number of fused-ring (bicyclic) bond motifs is 1. The van der Waals surface area contributed by atoms with Crippen LogP contribution in [0.4, 0.5) is 0 Å². The van der Waals surface area contributed by atoms with Gasteiger partial charge in [0.15, 0.2) is 5.76 Å². The number of hydrogen-bond donors (Lipinski definition) is 4. The summed E-state index contributed by atoms with van der Waals surface area (Å²) in [5.41, 5.74) is 6.63. The van der Waals surface area contributed by atoms with Crippen LogP contribution < -0.4 is 11.1 Å². The minimum absolute atomic E-state index is 0.00434. The fourth-order valence-electron chi connectivity index (χ4n) is 3.34. The molecule has 1 saturated carbocycles. The first kappa shape index (κ1) is 20.8. The molecule has 1 aliphatic carbocycles. The highest BCUT2D eigenvalue weighted by atomic mass is 16.6. The zero-order valence-corrected chi connectivity index (χ0v) is 16.0. The van der Waals surface area contributed by atoms with Crippen molar-refractivity contribution in [2.45, 2.75) is 37.8 Å². The standard InChI is InChI=1S/C20H25N3O6/c21-19(22)12-1-6-16-13(9-12)10-17(29-16)20(26)23-14-2-4-15(5-3-14)28-11-18(25)27-8-7-24/h1,6,9-10,14-15,24H,2-5,7-8,11H2,(H3,21,22)(H,23,26). The van der Waals surface area contributed by atoms with Crippen LogP contribution in [-0.2, 0) is 14.3 Å². The van der Waals surface area contributed by atoms with Crippen molar-refractivity contribution < 1.29 is 28.6 Å². The molecule has 5 N–H and O–H groups in total. The van der Waals surface area contributed by atoms with Crippen LogP contribution in [0.2, 0.25) is 0 Å². The Kier molecular flexibility index (Phi) is 6.84. The molecule has 0 atom stereocenters. The first-order valence-electron chi connectivity index (χ1n) is 9.53. The van der Waals surface area contributed by atoms with E-state index in [1.165, 1.54) is 0 Å². The molecular formula is C20H25N3O6. The summed E-state index contributed by atoms with van der Waals surface area (Å²) >= 11 is 0. The number of nitrogens with one attached hydrogen (secondary N) is 2. The van der Waals surface area contributed by atoms with Crippen molar-refractivity contribution in [3.63, 3.8) is 0 Å². The van der Waals surface area contributed by atoms with Crippen molar-refractivity contribution in [2.24, 2.45) is 5.73 Å². The van der Waals surface area contributed by atoms with Crippen LogP contribution in [0.25, 0.3) is 11.0 Å². The van der Waals surface area contributed by atoms with Crippen LogP contribution in [0, 0.1) is 5.41 Å². The predicted octanol–water partition coefficient (Wildman–Crippen LogP) is 1.31. The van der Waals surface area contributed by atoms with Crippen LogP contribution in [0.3, 0.4) is 0 Å². The van der Waals surface area contributed by atoms with Gasteiger partial charge in [-0.15, -0.1) is 0 Å². The van der Waals surface area contributed by atoms with E-state index >= 15 is 0 Å². The van der Waals surface area contributed by atoms with Gasteiger partial charge in [-0.3, -0.25) is 10.2 Å². The number of esters is 1. The van der Waals surface area contributed by atoms with Crippen molar-refractivity contribution in [3.05, 3.63) is 35.6 Å². The van der Waals surface area contributed by atoms with Crippen molar-refractivity contribution >= 4 is 28.7 Å². The first-order chi connectivity index (χ1) is 14.0. The molecule has 156 valence electrons. The van der Waals surface area contributed by atoms with Crippen LogP contribution in [0.5, 0.6) is 0 Å². The Bertz CT molecular complexity index is 885. The van der Waals surface area contributed by atoms with Gasteiger partial charge in [0.1, 0.15) is 24.6 Å². The topological polar surface area (TPSA) is 148 Å². The highest BCUT2D eigenvalue weighted by Crippen LogP contribution is 2.24. The van der Waals surface area contributed by atoms with E-state index in [1.54, 1.807) is 24.3 Å². The minimum atomic E-state index is -0.493. The number of carbonyl (C=O) groups is 2. The van der Waals surface area contributed by atoms with Crippen LogP contribution in [0.15, 0.2) is 28.7 Å². The molecule has 3 rings (SSSR count). The molecule has 9 heteroatoms. The summed E-state index contributed by atoms with van der Waals surface area (Å²) in [5, 5.41) is 19.8. The average Bonchev–Trinajstić information content (AvgIpc) is 3.15. The number of hydrogen-bond acceptors (Lipinski definition) is 7. The molecule has 1 heterocycles. The van der Waals surface area contributed by atoms with Gasteiger partial charge < -0.3 is 30.0 Å². The molecule has 0 unspecified atom stereocenters. The van der Waals surface area contributed by atoms with Gasteiger partial charge in [0.2, 0.25) is 0 Å². The lowest BCUT2D eigenvalue weighted by Gasteiger charge is -2.28. The summed E-state index contributed by atoms with van der Waals surface area (Å²) < 4.78 is 15.9. The zero-order valence-electron chi connectivity index (χ0n) is 16.0. The quantitative estimate of drug-likeness (QED) is 0.295. The number of aliphatic hydroxyl groups is 1. The molecular weight excluding hydrogens is 378 g/mol. The molecule has 0 bridgehead atoms. The van der Waals surface area contributed by atoms with Gasteiger partial charge in [-0.25, -0.2) is 4.79 Å². The Labute approximate surface area is 167 Å². The van der Waals surface area contributed by atoms with E-state index in [-0.39, 0.29) is 49.5 Å². The molecule has 0 spiro atoms. The van der Waals surface area contributed by atoms with Crippen LogP contribution in [0.1, 0.15) is 41.8 Å². The molecule has 9 nitrogen and oxygen atoms in total. The Morgan fingerprint density at radius 3 is 2.69 bits per heavy atom. The van der Waals surface area contributed by atoms with Gasteiger partial charge >= 0.3 is 5.97 Å². The molecule has 1 aromatic carbocycles. The molecule has 0 aliphatic heterocycles. The van der Waals surface area contributed by atoms with Gasteiger partial charge in [0.05, 0.1) is 12.7 Å². The lowest BCUT2D eigenvalue weighted by atomic mass is 9.93. The number of aliphatic hydroxyl groups excluding tert-OH is 1. The van der Waals surface area contributed by atoms with E-state index in [9.17, 15) is 9.59 Å². The second-order valence-corrected chi connectivity index (χ2v) is 6.98. The van der Waals surface area contributed by atoms with E-state index in [4.69, 9.17) is 30.1 Å². The Morgan fingerprint density at radius 1 is 1.24 bits per heavy atom. The van der Waals surface area contributed by atoms with Crippen molar-refractivity contribution in [1.82, 2.24) is 5.32 Å². The van der Waals surface area contributed by atoms with E-state index in [1.807, 2.05) is 0 Å². The van der Waals surface area contributed by atoms with E-state index in [0.717, 1.165) is 25.7 Å². The molecule has 2 aromatic rings. The maximum atomic E-state index is 12.5. The lowest BCUT2D eigenvalue weighted by molar-refractivity contribution is -0.152. The highest BCUT2D eigenvalue weighted by molar-refractivity contribution is 6.00. The number of nitrogens with two attached hydrogens (primary N) is 1. The summed E-state index contributed by atoms with van der Waals surface area (Å²) in [6, 6.07) is 6.73. The molecule has 1 amide bonds. The number of amidine groups is 1. The summed E-state index contributed by atoms with van der Waals surface area (Å²) in [7, 11) is 0. The number of carbonyl (C=O) groups excluding carboxylic acids is 2. The number of amides is 1. The van der Waals surface area contributed by atoms with Gasteiger partial charge in [-0.1, -0.05) is 0 Å². The smallest absolute Gasteiger partial charge is 0.332 e. The van der Waals surface area contributed by atoms with Crippen LogP contribution >= 0.6 is 0 Å². The van der Waals surface area contributed by atoms with Gasteiger partial charge in [0, 0.05) is 17.0 Å². The lowest BCUT2D eigenvalue weighted by Crippen LogP contribution is -2.39. The van der Waals surface area contributed by atoms with E-state index in [2.05, 4.69) is 5.32 Å². The molecule has 1 aliphatic rings. The SMILES string of the molecule is N=C(N)c1ccc2oc(C(=O)NC3CCC(OCC(=O)OCCO)CC3)cc2c1. The maximum absolute atomic E-state index is 12.5. The first-order valence-corrected chi connectivity index (χ1v) is 9.53. The minimum Gasteiger partial charge on any atom is -0.462 e. The fourth-order valence-corrected chi connectivity index (χ4v) is 3.34. The Morgan fingerprint density at radius 2 is 2.00 bits per heavy atom. The van der Waals surface area contributed by atoms with Crippen LogP contribution in [-0.4, -0.2) is 54.8 Å². The number of benzene rings is 1. The Hall–Kier alpha value is -2.91. The van der Waals surface area contributed by atoms with Gasteiger partial charge in [0.25, 0.3) is 5.91 Å². The summed E-state index contributed by atoms with van der Waals surface area (Å²) in [6.45, 7) is -0.374. The Balaban J connectivity index is 1.48. The van der Waals surface area contributed by atoms with Crippen molar-refractivity contribution in [1.29, 1.82) is 5.41 Å². The van der Waals surface area contributed by atoms with Gasteiger partial charge in [-0.2, -0.15) is 0 Å². The molecule has 29 heavy (non-hydrogen) atoms. The van der Waals surface area contributed by atoms with Gasteiger partial charge in [-0.05, 0) is 49.9 Å². The molecule has 1 aromatic heterocycles. The number of nitrogen functional groups attached to an aromatic ring is 1. The molecule has 1 fully saturated rings. The third kappa shape index (κ3) is 5.55. The predicted molar refractivity (Wildman–Crippen MR) is 105 cm³/mol. The third-order valence-corrected chi connectivity index (χ3v) is 4.85. The number of ether oxygens (including phenoxy) is 2. The zero-order chi connectivity index (χ0) is 20.8. The second kappa shape index (κ2) is 9.53. The third-order valence-electron chi connectivity index (χ3n) is 4.85. The average molecular weight is 403 g/mol. The normalized spacial score (nSPS) is 19.1. The largest absolute Gasteiger partial charge is 0.462 e. The second-order valence-electron chi connectivity index (χ2n) is 6.98. The molecule has 0 radical (unpaired) electrons. The number of rotatable bonds is 8. The fraction of sp³-hybridized carbons (Fsp3) is 0.450. The molecule has 0 saturated heterocycles. The monoisotopic (exact) mass is 403 g/mol.